The number of esters is 1. The van der Waals surface area contributed by atoms with E-state index in [1.165, 1.54) is 36.4 Å². The van der Waals surface area contributed by atoms with Gasteiger partial charge < -0.3 is 14.2 Å². The van der Waals surface area contributed by atoms with Gasteiger partial charge in [0.1, 0.15) is 18.8 Å². The number of hydrogen-bond donors (Lipinski definition) is 0. The lowest BCUT2D eigenvalue weighted by atomic mass is 10.1. The van der Waals surface area contributed by atoms with Gasteiger partial charge in [-0.3, -0.25) is 14.9 Å². The van der Waals surface area contributed by atoms with E-state index >= 15 is 0 Å². The van der Waals surface area contributed by atoms with Crippen molar-refractivity contribution in [1.82, 2.24) is 0 Å². The maximum absolute atomic E-state index is 12.2. The lowest BCUT2D eigenvalue weighted by molar-refractivity contribution is -0.385. The number of para-hydroxylation sites is 1. The predicted molar refractivity (Wildman–Crippen MR) is 85.1 cm³/mol. The zero-order chi connectivity index (χ0) is 17.8. The van der Waals surface area contributed by atoms with Crippen LogP contribution in [0.3, 0.4) is 0 Å². The van der Waals surface area contributed by atoms with Gasteiger partial charge in [0.25, 0.3) is 5.69 Å². The fourth-order valence-corrected chi connectivity index (χ4v) is 2.31. The van der Waals surface area contributed by atoms with Crippen molar-refractivity contribution in [2.75, 3.05) is 19.8 Å². The van der Waals surface area contributed by atoms with Gasteiger partial charge in [-0.1, -0.05) is 12.1 Å². The number of ether oxygens (including phenoxy) is 3. The topological polar surface area (TPSA) is 105 Å². The number of carbonyl (C=O) groups excluding carboxylic acids is 2. The normalized spacial score (nSPS) is 12.3. The Bertz CT molecular complexity index is 847. The van der Waals surface area contributed by atoms with Crippen molar-refractivity contribution in [1.29, 1.82) is 0 Å². The zero-order valence-electron chi connectivity index (χ0n) is 13.0. The first-order chi connectivity index (χ1) is 12.1. The molecule has 2 aromatic rings. The monoisotopic (exact) mass is 343 g/mol. The summed E-state index contributed by atoms with van der Waals surface area (Å²) in [7, 11) is 0. The molecule has 0 fully saturated rings. The predicted octanol–water partition coefficient (Wildman–Crippen LogP) is 2.41. The van der Waals surface area contributed by atoms with Crippen molar-refractivity contribution < 1.29 is 28.7 Å². The van der Waals surface area contributed by atoms with E-state index in [0.29, 0.717) is 30.3 Å². The summed E-state index contributed by atoms with van der Waals surface area (Å²) in [6.45, 7) is 0.287. The van der Waals surface area contributed by atoms with E-state index in [2.05, 4.69) is 0 Å². The fourth-order valence-electron chi connectivity index (χ4n) is 2.31. The van der Waals surface area contributed by atoms with Gasteiger partial charge in [0.05, 0.1) is 4.92 Å². The molecule has 3 rings (SSSR count). The average Bonchev–Trinajstić information content (AvgIpc) is 2.65. The molecule has 0 saturated carbocycles. The summed E-state index contributed by atoms with van der Waals surface area (Å²) < 4.78 is 15.7. The second-order valence-electron chi connectivity index (χ2n) is 5.13. The Morgan fingerprint density at radius 3 is 2.56 bits per heavy atom. The number of nitro groups is 1. The molecule has 128 valence electrons. The van der Waals surface area contributed by atoms with Crippen LogP contribution in [0.4, 0.5) is 5.69 Å². The molecule has 0 aromatic heterocycles. The SMILES string of the molecule is O=C(COC(=O)c1ccccc1[N+](=O)[O-])c1ccc2c(c1)OCCO2. The molecule has 8 nitrogen and oxygen atoms in total. The second-order valence-corrected chi connectivity index (χ2v) is 5.13. The third-order valence-electron chi connectivity index (χ3n) is 3.52. The highest BCUT2D eigenvalue weighted by Gasteiger charge is 2.22. The van der Waals surface area contributed by atoms with E-state index in [4.69, 9.17) is 14.2 Å². The number of hydrogen-bond acceptors (Lipinski definition) is 7. The highest BCUT2D eigenvalue weighted by molar-refractivity contribution is 6.00. The van der Waals surface area contributed by atoms with Crippen LogP contribution < -0.4 is 9.47 Å². The Balaban J connectivity index is 1.68. The van der Waals surface area contributed by atoms with Crippen LogP contribution in [0.25, 0.3) is 0 Å². The molecule has 0 radical (unpaired) electrons. The van der Waals surface area contributed by atoms with Crippen molar-refractivity contribution in [2.24, 2.45) is 0 Å². The summed E-state index contributed by atoms with van der Waals surface area (Å²) in [6.07, 6.45) is 0. The fraction of sp³-hybridized carbons (Fsp3) is 0.176. The number of Topliss-reactive ketones (excluding diaryl/α,β-unsaturated/α-hetero) is 1. The van der Waals surface area contributed by atoms with Crippen LogP contribution in [0.1, 0.15) is 20.7 Å². The van der Waals surface area contributed by atoms with Crippen LogP contribution in [-0.4, -0.2) is 36.5 Å². The van der Waals surface area contributed by atoms with Gasteiger partial charge in [-0.15, -0.1) is 0 Å². The Kier molecular flexibility index (Phi) is 4.60. The van der Waals surface area contributed by atoms with Crippen molar-refractivity contribution in [3.63, 3.8) is 0 Å². The maximum Gasteiger partial charge on any atom is 0.345 e. The van der Waals surface area contributed by atoms with E-state index in [-0.39, 0.29) is 11.3 Å². The molecule has 0 aliphatic carbocycles. The van der Waals surface area contributed by atoms with Gasteiger partial charge in [0.15, 0.2) is 23.9 Å². The Morgan fingerprint density at radius 1 is 1.08 bits per heavy atom. The number of ketones is 1. The average molecular weight is 343 g/mol. The minimum atomic E-state index is -0.932. The molecule has 1 aliphatic rings. The molecule has 0 N–H and O–H groups in total. The van der Waals surface area contributed by atoms with Crippen LogP contribution in [-0.2, 0) is 4.74 Å². The molecule has 0 spiro atoms. The van der Waals surface area contributed by atoms with Gasteiger partial charge in [0.2, 0.25) is 0 Å². The van der Waals surface area contributed by atoms with E-state index in [0.717, 1.165) is 0 Å². The largest absolute Gasteiger partial charge is 0.486 e. The molecule has 1 heterocycles. The maximum atomic E-state index is 12.2. The van der Waals surface area contributed by atoms with Crippen LogP contribution >= 0.6 is 0 Å². The summed E-state index contributed by atoms with van der Waals surface area (Å²) in [6, 6.07) is 10.0. The Hall–Kier alpha value is -3.42. The molecule has 0 unspecified atom stereocenters. The zero-order valence-corrected chi connectivity index (χ0v) is 13.0. The molecule has 0 atom stereocenters. The highest BCUT2D eigenvalue weighted by atomic mass is 16.6. The van der Waals surface area contributed by atoms with Crippen LogP contribution in [0.15, 0.2) is 42.5 Å². The number of fused-ring (bicyclic) bond motifs is 1. The Morgan fingerprint density at radius 2 is 1.80 bits per heavy atom. The lowest BCUT2D eigenvalue weighted by Gasteiger charge is -2.18. The quantitative estimate of drug-likeness (QED) is 0.355. The van der Waals surface area contributed by atoms with Crippen LogP contribution in [0, 0.1) is 10.1 Å². The minimum absolute atomic E-state index is 0.206. The molecule has 0 bridgehead atoms. The molecule has 8 heteroatoms. The third kappa shape index (κ3) is 3.57. The number of benzene rings is 2. The second kappa shape index (κ2) is 7.00. The highest BCUT2D eigenvalue weighted by Crippen LogP contribution is 2.30. The number of carbonyl (C=O) groups is 2. The van der Waals surface area contributed by atoms with Gasteiger partial charge in [-0.25, -0.2) is 4.79 Å². The molecule has 25 heavy (non-hydrogen) atoms. The smallest absolute Gasteiger partial charge is 0.345 e. The standard InChI is InChI=1S/C17H13NO7/c19-14(11-5-6-15-16(9-11)24-8-7-23-15)10-25-17(20)12-3-1-2-4-13(12)18(21)22/h1-6,9H,7-8,10H2. The molecule has 0 saturated heterocycles. The lowest BCUT2D eigenvalue weighted by Crippen LogP contribution is -2.17. The van der Waals surface area contributed by atoms with Crippen molar-refractivity contribution in [3.8, 4) is 11.5 Å². The van der Waals surface area contributed by atoms with Gasteiger partial charge in [-0.2, -0.15) is 0 Å². The van der Waals surface area contributed by atoms with Gasteiger partial charge in [0, 0.05) is 11.6 Å². The summed E-state index contributed by atoms with van der Waals surface area (Å²) in [5.41, 5.74) is -0.290. The van der Waals surface area contributed by atoms with E-state index in [9.17, 15) is 19.7 Å². The first-order valence-electron chi connectivity index (χ1n) is 7.39. The number of nitrogens with zero attached hydrogens (tertiary/aromatic N) is 1. The van der Waals surface area contributed by atoms with Gasteiger partial charge >= 0.3 is 5.97 Å². The number of nitro benzene ring substituents is 1. The first kappa shape index (κ1) is 16.4. The summed E-state index contributed by atoms with van der Waals surface area (Å²) in [5.74, 6) is -0.399. The Labute approximate surface area is 142 Å². The minimum Gasteiger partial charge on any atom is -0.486 e. The van der Waals surface area contributed by atoms with Crippen molar-refractivity contribution in [3.05, 3.63) is 63.7 Å². The molecular formula is C17H13NO7. The molecule has 1 aliphatic heterocycles. The van der Waals surface area contributed by atoms with Crippen molar-refractivity contribution >= 4 is 17.4 Å². The third-order valence-corrected chi connectivity index (χ3v) is 3.52. The van der Waals surface area contributed by atoms with E-state index < -0.39 is 23.3 Å². The van der Waals surface area contributed by atoms with Crippen molar-refractivity contribution in [2.45, 2.75) is 0 Å². The van der Waals surface area contributed by atoms with E-state index in [1.807, 2.05) is 0 Å². The van der Waals surface area contributed by atoms with Crippen LogP contribution in [0.2, 0.25) is 0 Å². The summed E-state index contributed by atoms with van der Waals surface area (Å²) in [4.78, 5) is 34.4. The number of rotatable bonds is 5. The molecule has 0 amide bonds. The van der Waals surface area contributed by atoms with Gasteiger partial charge in [-0.05, 0) is 24.3 Å². The summed E-state index contributed by atoms with van der Waals surface area (Å²) >= 11 is 0. The summed E-state index contributed by atoms with van der Waals surface area (Å²) in [5, 5.41) is 10.9. The molecular weight excluding hydrogens is 330 g/mol. The molecule has 2 aromatic carbocycles. The van der Waals surface area contributed by atoms with E-state index in [1.54, 1.807) is 6.07 Å². The van der Waals surface area contributed by atoms with Crippen LogP contribution in [0.5, 0.6) is 11.5 Å². The first-order valence-corrected chi connectivity index (χ1v) is 7.39.